The van der Waals surface area contributed by atoms with Crippen LogP contribution in [0.15, 0.2) is 24.3 Å². The van der Waals surface area contributed by atoms with Crippen molar-refractivity contribution < 1.29 is 52.3 Å². The molecule has 0 N–H and O–H groups in total. The van der Waals surface area contributed by atoms with Gasteiger partial charge in [-0.3, -0.25) is 14.4 Å². The zero-order valence-corrected chi connectivity index (χ0v) is 42.7. The molecule has 2 unspecified atom stereocenters. The lowest BCUT2D eigenvalue weighted by atomic mass is 9.92. The Hall–Kier alpha value is -2.96. The summed E-state index contributed by atoms with van der Waals surface area (Å²) in [4.78, 5) is 53.2. The van der Waals surface area contributed by atoms with Crippen LogP contribution in [-0.2, 0) is 47.5 Å². The van der Waals surface area contributed by atoms with Crippen LogP contribution in [0, 0.1) is 17.8 Å². The van der Waals surface area contributed by atoms with Gasteiger partial charge in [0.2, 0.25) is 0 Å². The fourth-order valence-corrected chi connectivity index (χ4v) is 7.98. The Bertz CT molecular complexity index is 1210. The van der Waals surface area contributed by atoms with Crippen molar-refractivity contribution in [1.82, 2.24) is 4.90 Å². The number of piperidine rings is 1. The van der Waals surface area contributed by atoms with Crippen molar-refractivity contribution in [2.75, 3.05) is 65.9 Å². The fraction of sp³-hybridized carbons (Fsp3) is 0.852. The second-order valence-corrected chi connectivity index (χ2v) is 18.2. The number of carbonyl (C=O) groups excluding carboxylic acids is 4. The first-order valence-corrected chi connectivity index (χ1v) is 26.8. The number of esters is 3. The van der Waals surface area contributed by atoms with Gasteiger partial charge in [-0.05, 0) is 102 Å². The molecular weight excluding hydrogens is 839 g/mol. The predicted octanol–water partition coefficient (Wildman–Crippen LogP) is 13.0. The summed E-state index contributed by atoms with van der Waals surface area (Å²) in [7, 11) is 0. The normalized spacial score (nSPS) is 14.9. The molecule has 12 nitrogen and oxygen atoms in total. The molecule has 1 saturated heterocycles. The molecule has 1 aliphatic heterocycles. The van der Waals surface area contributed by atoms with E-state index in [0.717, 1.165) is 110 Å². The molecule has 0 aromatic heterocycles. The average Bonchev–Trinajstić information content (AvgIpc) is 3.32. The van der Waals surface area contributed by atoms with E-state index < -0.39 is 24.3 Å². The molecule has 0 saturated carbocycles. The Morgan fingerprint density at radius 1 is 0.530 bits per heavy atom. The number of ether oxygens (including phenoxy) is 7. The van der Waals surface area contributed by atoms with Crippen LogP contribution in [0.1, 0.15) is 208 Å². The third-order valence-electron chi connectivity index (χ3n) is 12.1. The van der Waals surface area contributed by atoms with Crippen molar-refractivity contribution in [3.05, 3.63) is 24.3 Å². The number of unbranched alkanes of at least 4 members (excludes halogenated alkanes) is 11. The van der Waals surface area contributed by atoms with Gasteiger partial charge in [-0.25, -0.2) is 4.79 Å². The van der Waals surface area contributed by atoms with Crippen LogP contribution in [0.4, 0.5) is 4.79 Å². The second-order valence-electron chi connectivity index (χ2n) is 18.2. The van der Waals surface area contributed by atoms with Crippen LogP contribution in [0.2, 0.25) is 0 Å². The first-order valence-electron chi connectivity index (χ1n) is 26.8. The molecule has 0 spiro atoms. The molecule has 2 atom stereocenters. The number of hydrogen-bond donors (Lipinski definition) is 0. The van der Waals surface area contributed by atoms with E-state index in [1.807, 2.05) is 0 Å². The van der Waals surface area contributed by atoms with Crippen molar-refractivity contribution in [2.45, 2.75) is 214 Å². The van der Waals surface area contributed by atoms with Crippen LogP contribution in [0.25, 0.3) is 0 Å². The molecule has 0 amide bonds. The third kappa shape index (κ3) is 37.1. The SMILES string of the molecule is CC/C=C\CCCCOC(CCC(=O)OCC(COC(=O)CCCCCCC(=O)OCCC(CCCCC)CCCCC)COC(=O)OCC1CCCN(CC)C1)OCCCC/C=C\CC. The Morgan fingerprint density at radius 2 is 1.09 bits per heavy atom. The fourth-order valence-electron chi connectivity index (χ4n) is 7.98. The van der Waals surface area contributed by atoms with E-state index >= 15 is 0 Å². The van der Waals surface area contributed by atoms with E-state index in [4.69, 9.17) is 33.2 Å². The minimum atomic E-state index is -0.788. The molecule has 0 aromatic rings. The summed E-state index contributed by atoms with van der Waals surface area (Å²) in [5.74, 6) is -0.641. The maximum Gasteiger partial charge on any atom is 0.508 e. The molecule has 1 aliphatic rings. The molecule has 384 valence electrons. The predicted molar refractivity (Wildman–Crippen MR) is 264 cm³/mol. The zero-order chi connectivity index (χ0) is 48.1. The number of allylic oxidation sites excluding steroid dienone is 4. The highest BCUT2D eigenvalue weighted by Gasteiger charge is 2.23. The molecule has 0 radical (unpaired) electrons. The van der Waals surface area contributed by atoms with E-state index in [-0.39, 0.29) is 57.1 Å². The maximum absolute atomic E-state index is 13.0. The summed E-state index contributed by atoms with van der Waals surface area (Å²) < 4.78 is 39.9. The zero-order valence-electron chi connectivity index (χ0n) is 42.7. The average molecular weight is 936 g/mol. The highest BCUT2D eigenvalue weighted by Crippen LogP contribution is 2.22. The number of likely N-dealkylation sites (tertiary alicyclic amines) is 1. The summed E-state index contributed by atoms with van der Waals surface area (Å²) in [6.07, 6.45) is 32.2. The smallest absolute Gasteiger partial charge is 0.466 e. The summed E-state index contributed by atoms with van der Waals surface area (Å²) in [5, 5.41) is 0. The van der Waals surface area contributed by atoms with Gasteiger partial charge in [0.05, 0.1) is 25.6 Å². The van der Waals surface area contributed by atoms with E-state index in [2.05, 4.69) is 63.8 Å². The van der Waals surface area contributed by atoms with Crippen molar-refractivity contribution in [3.8, 4) is 0 Å². The minimum Gasteiger partial charge on any atom is -0.466 e. The van der Waals surface area contributed by atoms with E-state index in [1.54, 1.807) is 0 Å². The summed E-state index contributed by atoms with van der Waals surface area (Å²) in [6.45, 7) is 15.3. The second kappa shape index (κ2) is 44.5. The Balaban J connectivity index is 2.60. The Kier molecular flexibility index (Phi) is 41.2. The monoisotopic (exact) mass is 936 g/mol. The largest absolute Gasteiger partial charge is 0.508 e. The van der Waals surface area contributed by atoms with Crippen LogP contribution >= 0.6 is 0 Å². The van der Waals surface area contributed by atoms with Gasteiger partial charge in [-0.15, -0.1) is 0 Å². The van der Waals surface area contributed by atoms with Crippen molar-refractivity contribution in [1.29, 1.82) is 0 Å². The summed E-state index contributed by atoms with van der Waals surface area (Å²) in [6, 6.07) is 0. The first-order chi connectivity index (χ1) is 32.2. The lowest BCUT2D eigenvalue weighted by Gasteiger charge is -2.31. The Morgan fingerprint density at radius 3 is 1.65 bits per heavy atom. The van der Waals surface area contributed by atoms with Crippen LogP contribution in [0.3, 0.4) is 0 Å². The van der Waals surface area contributed by atoms with Gasteiger partial charge in [0.25, 0.3) is 0 Å². The minimum absolute atomic E-state index is 0.0763. The summed E-state index contributed by atoms with van der Waals surface area (Å²) >= 11 is 0. The molecule has 12 heteroatoms. The number of nitrogens with zero attached hydrogens (tertiary/aromatic N) is 1. The number of hydrogen-bond acceptors (Lipinski definition) is 12. The van der Waals surface area contributed by atoms with Gasteiger partial charge in [0, 0.05) is 44.9 Å². The highest BCUT2D eigenvalue weighted by atomic mass is 16.7. The summed E-state index contributed by atoms with van der Waals surface area (Å²) in [5.41, 5.74) is 0. The lowest BCUT2D eigenvalue weighted by Crippen LogP contribution is -2.37. The molecule has 0 aliphatic carbocycles. The molecule has 0 bridgehead atoms. The molecule has 0 aromatic carbocycles. The first kappa shape index (κ1) is 61.1. The standard InChI is InChI=1S/C54H97NO11/c1-6-11-15-17-21-27-39-61-53(62-40-28-22-18-16-12-7-2)36-35-52(58)64-45-49(46-66-54(59)65-43-48-32-29-38-55(10-5)42-48)44-63-51(57)34-26-20-19-25-33-50(56)60-41-37-47(30-23-13-8-3)31-24-14-9-4/h11-12,15-16,47-49,53H,6-10,13-14,17-46H2,1-5H3/b15-11-,16-12-. The van der Waals surface area contributed by atoms with Crippen LogP contribution in [0.5, 0.6) is 0 Å². The van der Waals surface area contributed by atoms with Gasteiger partial charge in [-0.2, -0.15) is 0 Å². The quantitative estimate of drug-likeness (QED) is 0.0189. The third-order valence-corrected chi connectivity index (χ3v) is 12.1. The molecule has 1 rings (SSSR count). The van der Waals surface area contributed by atoms with Crippen LogP contribution in [-0.4, -0.2) is 101 Å². The van der Waals surface area contributed by atoms with Gasteiger partial charge in [0.15, 0.2) is 6.29 Å². The maximum atomic E-state index is 13.0. The van der Waals surface area contributed by atoms with E-state index in [1.165, 1.54) is 51.4 Å². The van der Waals surface area contributed by atoms with Crippen LogP contribution < -0.4 is 0 Å². The molecule has 1 heterocycles. The van der Waals surface area contributed by atoms with Crippen molar-refractivity contribution in [2.24, 2.45) is 17.8 Å². The van der Waals surface area contributed by atoms with Gasteiger partial charge >= 0.3 is 24.1 Å². The topological polar surface area (TPSA) is 136 Å². The molecular formula is C54H97NO11. The van der Waals surface area contributed by atoms with Gasteiger partial charge < -0.3 is 38.1 Å². The van der Waals surface area contributed by atoms with E-state index in [9.17, 15) is 19.2 Å². The van der Waals surface area contributed by atoms with E-state index in [0.29, 0.717) is 45.0 Å². The number of rotatable bonds is 44. The van der Waals surface area contributed by atoms with Gasteiger partial charge in [-0.1, -0.05) is 123 Å². The lowest BCUT2D eigenvalue weighted by molar-refractivity contribution is -0.161. The Labute approximate surface area is 402 Å². The molecule has 1 fully saturated rings. The van der Waals surface area contributed by atoms with Crippen molar-refractivity contribution in [3.63, 3.8) is 0 Å². The van der Waals surface area contributed by atoms with Crippen molar-refractivity contribution >= 4 is 24.1 Å². The van der Waals surface area contributed by atoms with Gasteiger partial charge in [0.1, 0.15) is 19.8 Å². The number of carbonyl (C=O) groups is 4. The highest BCUT2D eigenvalue weighted by molar-refractivity contribution is 5.70. The molecule has 66 heavy (non-hydrogen) atoms.